The van der Waals surface area contributed by atoms with E-state index in [0.717, 1.165) is 11.3 Å². The highest BCUT2D eigenvalue weighted by molar-refractivity contribution is 5.99. The van der Waals surface area contributed by atoms with Crippen molar-refractivity contribution in [3.63, 3.8) is 0 Å². The molecule has 0 saturated heterocycles. The van der Waals surface area contributed by atoms with E-state index < -0.39 is 0 Å². The summed E-state index contributed by atoms with van der Waals surface area (Å²) in [6, 6.07) is 18.8. The van der Waals surface area contributed by atoms with E-state index in [1.807, 2.05) is 36.5 Å². The maximum Gasteiger partial charge on any atom is 0.0566 e. The molecule has 0 unspecified atom stereocenters. The lowest BCUT2D eigenvalue weighted by molar-refractivity contribution is 0.623. The second-order valence-electron chi connectivity index (χ2n) is 5.34. The molecule has 0 bridgehead atoms. The van der Waals surface area contributed by atoms with Crippen LogP contribution in [0.1, 0.15) is 25.5 Å². The SMILES string of the molecule is CC(C)n1cc(/C=N\Nc2ccccc2)c2ccccc21. The predicted molar refractivity (Wildman–Crippen MR) is 90.0 cm³/mol. The molecule has 106 valence electrons. The van der Waals surface area contributed by atoms with Crippen LogP contribution in [-0.4, -0.2) is 10.8 Å². The van der Waals surface area contributed by atoms with Crippen LogP contribution in [-0.2, 0) is 0 Å². The van der Waals surface area contributed by atoms with Gasteiger partial charge in [-0.1, -0.05) is 36.4 Å². The fourth-order valence-electron chi connectivity index (χ4n) is 2.45. The van der Waals surface area contributed by atoms with E-state index in [-0.39, 0.29) is 0 Å². The van der Waals surface area contributed by atoms with Crippen molar-refractivity contribution in [1.29, 1.82) is 0 Å². The second-order valence-corrected chi connectivity index (χ2v) is 5.34. The number of aromatic nitrogens is 1. The predicted octanol–water partition coefficient (Wildman–Crippen LogP) is 4.67. The first kappa shape index (κ1) is 13.4. The van der Waals surface area contributed by atoms with Gasteiger partial charge >= 0.3 is 0 Å². The Kier molecular flexibility index (Phi) is 3.73. The van der Waals surface area contributed by atoms with Gasteiger partial charge in [0.25, 0.3) is 0 Å². The molecule has 21 heavy (non-hydrogen) atoms. The Morgan fingerprint density at radius 2 is 1.71 bits per heavy atom. The lowest BCUT2D eigenvalue weighted by Crippen LogP contribution is -1.97. The van der Waals surface area contributed by atoms with Crippen molar-refractivity contribution in [2.24, 2.45) is 5.10 Å². The number of nitrogens with one attached hydrogen (secondary N) is 1. The number of hydrogen-bond donors (Lipinski definition) is 1. The number of nitrogens with zero attached hydrogens (tertiary/aromatic N) is 2. The molecule has 3 heteroatoms. The lowest BCUT2D eigenvalue weighted by Gasteiger charge is -2.08. The highest BCUT2D eigenvalue weighted by Crippen LogP contribution is 2.23. The molecule has 0 radical (unpaired) electrons. The molecule has 1 aromatic heterocycles. The molecule has 0 saturated carbocycles. The molecule has 0 fully saturated rings. The Balaban J connectivity index is 1.90. The maximum absolute atomic E-state index is 4.35. The molecule has 1 N–H and O–H groups in total. The number of para-hydroxylation sites is 2. The summed E-state index contributed by atoms with van der Waals surface area (Å²) in [5.74, 6) is 0. The van der Waals surface area contributed by atoms with Crippen LogP contribution in [0.5, 0.6) is 0 Å². The number of hydrogen-bond acceptors (Lipinski definition) is 2. The summed E-state index contributed by atoms with van der Waals surface area (Å²) < 4.78 is 2.28. The van der Waals surface area contributed by atoms with Gasteiger partial charge in [0.05, 0.1) is 11.9 Å². The van der Waals surface area contributed by atoms with Crippen LogP contribution in [0.15, 0.2) is 65.9 Å². The van der Waals surface area contributed by atoms with Crippen LogP contribution >= 0.6 is 0 Å². The second kappa shape index (κ2) is 5.83. The number of benzene rings is 2. The number of rotatable bonds is 4. The van der Waals surface area contributed by atoms with E-state index in [4.69, 9.17) is 0 Å². The molecule has 0 spiro atoms. The van der Waals surface area contributed by atoms with E-state index in [1.165, 1.54) is 10.9 Å². The van der Waals surface area contributed by atoms with Gasteiger partial charge in [-0.05, 0) is 32.0 Å². The van der Waals surface area contributed by atoms with Crippen molar-refractivity contribution >= 4 is 22.8 Å². The number of anilines is 1. The number of fused-ring (bicyclic) bond motifs is 1. The van der Waals surface area contributed by atoms with Crippen molar-refractivity contribution in [3.8, 4) is 0 Å². The molecular weight excluding hydrogens is 258 g/mol. The minimum absolute atomic E-state index is 0.430. The van der Waals surface area contributed by atoms with E-state index in [1.54, 1.807) is 0 Å². The molecule has 0 atom stereocenters. The van der Waals surface area contributed by atoms with Crippen LogP contribution in [0.4, 0.5) is 5.69 Å². The van der Waals surface area contributed by atoms with Gasteiger partial charge in [-0.2, -0.15) is 5.10 Å². The van der Waals surface area contributed by atoms with Gasteiger partial charge in [0.1, 0.15) is 0 Å². The third-order valence-corrected chi connectivity index (χ3v) is 3.50. The van der Waals surface area contributed by atoms with E-state index in [0.29, 0.717) is 6.04 Å². The normalized spacial score (nSPS) is 11.6. The van der Waals surface area contributed by atoms with E-state index >= 15 is 0 Å². The Hall–Kier alpha value is -2.55. The maximum atomic E-state index is 4.35. The zero-order valence-corrected chi connectivity index (χ0v) is 12.3. The van der Waals surface area contributed by atoms with Gasteiger partial charge in [-0.3, -0.25) is 5.43 Å². The molecule has 0 amide bonds. The molecular formula is C18H19N3. The van der Waals surface area contributed by atoms with Gasteiger partial charge in [-0.15, -0.1) is 0 Å². The molecule has 2 aromatic carbocycles. The van der Waals surface area contributed by atoms with Crippen LogP contribution in [0.25, 0.3) is 10.9 Å². The summed E-state index contributed by atoms with van der Waals surface area (Å²) in [6.45, 7) is 4.38. The number of hydrazone groups is 1. The molecule has 3 nitrogen and oxygen atoms in total. The van der Waals surface area contributed by atoms with Crippen LogP contribution in [0.3, 0.4) is 0 Å². The first-order chi connectivity index (χ1) is 10.3. The van der Waals surface area contributed by atoms with Crippen LogP contribution < -0.4 is 5.43 Å². The fourth-order valence-corrected chi connectivity index (χ4v) is 2.45. The summed E-state index contributed by atoms with van der Waals surface area (Å²) in [6.07, 6.45) is 4.04. The zero-order chi connectivity index (χ0) is 14.7. The molecule has 3 rings (SSSR count). The summed E-state index contributed by atoms with van der Waals surface area (Å²) in [5.41, 5.74) is 6.42. The Morgan fingerprint density at radius 3 is 2.48 bits per heavy atom. The molecule has 0 aliphatic carbocycles. The highest BCUT2D eigenvalue weighted by Gasteiger charge is 2.08. The van der Waals surface area contributed by atoms with Crippen molar-refractivity contribution in [2.75, 3.05) is 5.43 Å². The Morgan fingerprint density at radius 1 is 1.00 bits per heavy atom. The quantitative estimate of drug-likeness (QED) is 0.545. The average Bonchev–Trinajstić information content (AvgIpc) is 2.88. The standard InChI is InChI=1S/C18H19N3/c1-14(2)21-13-15(17-10-6-7-11-18(17)21)12-19-20-16-8-4-3-5-9-16/h3-14,20H,1-2H3/b19-12-. The highest BCUT2D eigenvalue weighted by atomic mass is 15.3. The van der Waals surface area contributed by atoms with Gasteiger partial charge < -0.3 is 4.57 Å². The summed E-state index contributed by atoms with van der Waals surface area (Å²) in [4.78, 5) is 0. The van der Waals surface area contributed by atoms with Gasteiger partial charge in [0.2, 0.25) is 0 Å². The van der Waals surface area contributed by atoms with E-state index in [9.17, 15) is 0 Å². The van der Waals surface area contributed by atoms with Gasteiger partial charge in [0.15, 0.2) is 0 Å². The van der Waals surface area contributed by atoms with E-state index in [2.05, 4.69) is 59.4 Å². The fraction of sp³-hybridized carbons (Fsp3) is 0.167. The molecule has 1 heterocycles. The monoisotopic (exact) mass is 277 g/mol. The third-order valence-electron chi connectivity index (χ3n) is 3.50. The lowest BCUT2D eigenvalue weighted by atomic mass is 10.2. The smallest absolute Gasteiger partial charge is 0.0566 e. The third kappa shape index (κ3) is 2.82. The van der Waals surface area contributed by atoms with Crippen LogP contribution in [0, 0.1) is 0 Å². The Labute approximate surface area is 124 Å². The van der Waals surface area contributed by atoms with Gasteiger partial charge in [0, 0.05) is 28.7 Å². The van der Waals surface area contributed by atoms with Crippen molar-refractivity contribution in [1.82, 2.24) is 4.57 Å². The summed E-state index contributed by atoms with van der Waals surface area (Å²) in [5, 5.41) is 5.57. The van der Waals surface area contributed by atoms with Crippen molar-refractivity contribution < 1.29 is 0 Å². The minimum atomic E-state index is 0.430. The Bertz CT molecular complexity index is 754. The first-order valence-electron chi connectivity index (χ1n) is 7.19. The molecule has 0 aliphatic rings. The van der Waals surface area contributed by atoms with Crippen molar-refractivity contribution in [3.05, 3.63) is 66.4 Å². The molecule has 3 aromatic rings. The van der Waals surface area contributed by atoms with Gasteiger partial charge in [-0.25, -0.2) is 0 Å². The average molecular weight is 277 g/mol. The van der Waals surface area contributed by atoms with Crippen molar-refractivity contribution in [2.45, 2.75) is 19.9 Å². The van der Waals surface area contributed by atoms with Crippen LogP contribution in [0.2, 0.25) is 0 Å². The topological polar surface area (TPSA) is 29.3 Å². The minimum Gasteiger partial charge on any atom is -0.344 e. The summed E-state index contributed by atoms with van der Waals surface area (Å²) >= 11 is 0. The zero-order valence-electron chi connectivity index (χ0n) is 12.3. The molecule has 0 aliphatic heterocycles. The summed E-state index contributed by atoms with van der Waals surface area (Å²) in [7, 11) is 0. The first-order valence-corrected chi connectivity index (χ1v) is 7.19. The largest absolute Gasteiger partial charge is 0.344 e.